The van der Waals surface area contributed by atoms with Crippen LogP contribution in [0.25, 0.3) is 11.3 Å². The van der Waals surface area contributed by atoms with Crippen LogP contribution in [0.5, 0.6) is 0 Å². The number of aromatic nitrogens is 3. The van der Waals surface area contributed by atoms with E-state index in [-0.39, 0.29) is 17.6 Å². The summed E-state index contributed by atoms with van der Waals surface area (Å²) in [4.78, 5) is 20.7. The van der Waals surface area contributed by atoms with Crippen LogP contribution in [0.3, 0.4) is 0 Å². The summed E-state index contributed by atoms with van der Waals surface area (Å²) >= 11 is 6.20. The van der Waals surface area contributed by atoms with E-state index in [9.17, 15) is 4.79 Å². The number of hydrogen-bond donors (Lipinski definition) is 1. The van der Waals surface area contributed by atoms with Crippen LogP contribution in [-0.2, 0) is 6.54 Å². The standard InChI is InChI=1S/C18H17ClN4O2/c19-15-4-2-1-3-14(15)17-16(21-11-25-17)18(24)22-13-7-12(8-13)9-23-6-5-20-10-23/h1-6,10-13H,7-9H2,(H,22,24). The molecular weight excluding hydrogens is 340 g/mol. The molecular formula is C18H17ClN4O2. The molecule has 1 saturated carbocycles. The molecule has 25 heavy (non-hydrogen) atoms. The minimum Gasteiger partial charge on any atom is -0.443 e. The van der Waals surface area contributed by atoms with Crippen molar-refractivity contribution in [2.75, 3.05) is 0 Å². The summed E-state index contributed by atoms with van der Waals surface area (Å²) in [6, 6.07) is 7.41. The van der Waals surface area contributed by atoms with Crippen LogP contribution < -0.4 is 5.32 Å². The highest BCUT2D eigenvalue weighted by Crippen LogP contribution is 2.32. The molecule has 1 aliphatic rings. The zero-order chi connectivity index (χ0) is 17.2. The topological polar surface area (TPSA) is 73.0 Å². The summed E-state index contributed by atoms with van der Waals surface area (Å²) in [6.07, 6.45) is 8.72. The van der Waals surface area contributed by atoms with Crippen molar-refractivity contribution in [1.29, 1.82) is 0 Å². The van der Waals surface area contributed by atoms with Gasteiger partial charge in [-0.3, -0.25) is 4.79 Å². The van der Waals surface area contributed by atoms with Crippen LogP contribution in [0, 0.1) is 5.92 Å². The maximum Gasteiger partial charge on any atom is 0.274 e. The molecule has 0 spiro atoms. The number of hydrogen-bond acceptors (Lipinski definition) is 4. The molecule has 0 atom stereocenters. The van der Waals surface area contributed by atoms with E-state index in [0.29, 0.717) is 22.3 Å². The molecule has 0 saturated heterocycles. The smallest absolute Gasteiger partial charge is 0.274 e. The number of carbonyl (C=O) groups excluding carboxylic acids is 1. The van der Waals surface area contributed by atoms with Crippen molar-refractivity contribution in [2.24, 2.45) is 5.92 Å². The van der Waals surface area contributed by atoms with Gasteiger partial charge in [0.1, 0.15) is 0 Å². The lowest BCUT2D eigenvalue weighted by molar-refractivity contribution is 0.0877. The molecule has 1 fully saturated rings. The van der Waals surface area contributed by atoms with Gasteiger partial charge in [0.05, 0.1) is 11.3 Å². The maximum absolute atomic E-state index is 12.5. The van der Waals surface area contributed by atoms with E-state index in [1.807, 2.05) is 30.7 Å². The third kappa shape index (κ3) is 3.30. The van der Waals surface area contributed by atoms with Gasteiger partial charge in [-0.15, -0.1) is 0 Å². The highest BCUT2D eigenvalue weighted by atomic mass is 35.5. The van der Waals surface area contributed by atoms with Gasteiger partial charge >= 0.3 is 0 Å². The second-order valence-electron chi connectivity index (χ2n) is 6.28. The van der Waals surface area contributed by atoms with Crippen molar-refractivity contribution >= 4 is 17.5 Å². The van der Waals surface area contributed by atoms with Gasteiger partial charge < -0.3 is 14.3 Å². The summed E-state index contributed by atoms with van der Waals surface area (Å²) in [7, 11) is 0. The number of benzene rings is 1. The fourth-order valence-electron chi connectivity index (χ4n) is 3.19. The Morgan fingerprint density at radius 2 is 2.20 bits per heavy atom. The number of nitrogens with zero attached hydrogens (tertiary/aromatic N) is 3. The predicted molar refractivity (Wildman–Crippen MR) is 93.2 cm³/mol. The largest absolute Gasteiger partial charge is 0.443 e. The summed E-state index contributed by atoms with van der Waals surface area (Å²) < 4.78 is 7.48. The Morgan fingerprint density at radius 1 is 1.36 bits per heavy atom. The highest BCUT2D eigenvalue weighted by molar-refractivity contribution is 6.33. The van der Waals surface area contributed by atoms with Crippen molar-refractivity contribution in [3.63, 3.8) is 0 Å². The monoisotopic (exact) mass is 356 g/mol. The van der Waals surface area contributed by atoms with E-state index >= 15 is 0 Å². The summed E-state index contributed by atoms with van der Waals surface area (Å²) in [5.74, 6) is 0.729. The minimum absolute atomic E-state index is 0.164. The fourth-order valence-corrected chi connectivity index (χ4v) is 3.42. The van der Waals surface area contributed by atoms with Gasteiger partial charge in [-0.2, -0.15) is 0 Å². The number of halogens is 1. The number of nitrogens with one attached hydrogen (secondary N) is 1. The number of carbonyl (C=O) groups is 1. The number of imidazole rings is 1. The first-order valence-corrected chi connectivity index (χ1v) is 8.53. The van der Waals surface area contributed by atoms with Gasteiger partial charge in [0.2, 0.25) is 0 Å². The molecule has 1 N–H and O–H groups in total. The lowest BCUT2D eigenvalue weighted by atomic mass is 9.80. The Morgan fingerprint density at radius 3 is 2.96 bits per heavy atom. The van der Waals surface area contributed by atoms with Gasteiger partial charge in [-0.25, -0.2) is 9.97 Å². The molecule has 1 aromatic carbocycles. The quantitative estimate of drug-likeness (QED) is 0.760. The lowest BCUT2D eigenvalue weighted by Crippen LogP contribution is -2.45. The third-order valence-corrected chi connectivity index (χ3v) is 4.83. The summed E-state index contributed by atoms with van der Waals surface area (Å²) in [6.45, 7) is 0.932. The molecule has 4 rings (SSSR count). The average molecular weight is 357 g/mol. The zero-order valence-corrected chi connectivity index (χ0v) is 14.2. The Balaban J connectivity index is 1.39. The van der Waals surface area contributed by atoms with Crippen LogP contribution >= 0.6 is 11.6 Å². The van der Waals surface area contributed by atoms with Crippen molar-refractivity contribution < 1.29 is 9.21 Å². The van der Waals surface area contributed by atoms with Crippen LogP contribution in [0.15, 0.2) is 53.8 Å². The van der Waals surface area contributed by atoms with Gasteiger partial charge in [0.25, 0.3) is 5.91 Å². The molecule has 1 amide bonds. The maximum atomic E-state index is 12.5. The zero-order valence-electron chi connectivity index (χ0n) is 13.4. The van der Waals surface area contributed by atoms with E-state index in [1.165, 1.54) is 6.39 Å². The molecule has 0 aliphatic heterocycles. The van der Waals surface area contributed by atoms with Crippen molar-refractivity contribution in [3.05, 3.63) is 60.1 Å². The molecule has 7 heteroatoms. The second kappa shape index (κ2) is 6.72. The average Bonchev–Trinajstić information content (AvgIpc) is 3.24. The van der Waals surface area contributed by atoms with Crippen LogP contribution in [0.4, 0.5) is 0 Å². The van der Waals surface area contributed by atoms with Crippen LogP contribution in [0.2, 0.25) is 5.02 Å². The first-order valence-electron chi connectivity index (χ1n) is 8.15. The Labute approximate surface area is 149 Å². The van der Waals surface area contributed by atoms with Gasteiger partial charge in [-0.05, 0) is 30.9 Å². The van der Waals surface area contributed by atoms with E-state index in [2.05, 4.69) is 19.9 Å². The minimum atomic E-state index is -0.227. The summed E-state index contributed by atoms with van der Waals surface area (Å²) in [5.41, 5.74) is 0.935. The van der Waals surface area contributed by atoms with E-state index in [0.717, 1.165) is 19.4 Å². The van der Waals surface area contributed by atoms with E-state index in [4.69, 9.17) is 16.0 Å². The summed E-state index contributed by atoms with van der Waals surface area (Å²) in [5, 5.41) is 3.55. The molecule has 0 unspecified atom stereocenters. The lowest BCUT2D eigenvalue weighted by Gasteiger charge is -2.35. The number of amides is 1. The molecule has 3 aromatic rings. The highest BCUT2D eigenvalue weighted by Gasteiger charge is 2.32. The molecule has 1 aliphatic carbocycles. The first kappa shape index (κ1) is 15.9. The molecule has 6 nitrogen and oxygen atoms in total. The molecule has 128 valence electrons. The molecule has 2 heterocycles. The third-order valence-electron chi connectivity index (χ3n) is 4.50. The molecule has 0 radical (unpaired) electrons. The predicted octanol–water partition coefficient (Wildman–Crippen LogP) is 3.40. The Kier molecular flexibility index (Phi) is 4.28. The first-order chi connectivity index (χ1) is 12.2. The van der Waals surface area contributed by atoms with Gasteiger partial charge in [0, 0.05) is 30.5 Å². The van der Waals surface area contributed by atoms with E-state index < -0.39 is 0 Å². The van der Waals surface area contributed by atoms with Gasteiger partial charge in [-0.1, -0.05) is 23.7 Å². The van der Waals surface area contributed by atoms with Crippen LogP contribution in [-0.4, -0.2) is 26.5 Å². The normalized spacial score (nSPS) is 19.4. The molecule has 2 aromatic heterocycles. The Hall–Kier alpha value is -2.60. The second-order valence-corrected chi connectivity index (χ2v) is 6.68. The van der Waals surface area contributed by atoms with Crippen molar-refractivity contribution in [1.82, 2.24) is 19.9 Å². The van der Waals surface area contributed by atoms with E-state index in [1.54, 1.807) is 12.3 Å². The number of oxazole rings is 1. The fraction of sp³-hybridized carbons (Fsp3) is 0.278. The van der Waals surface area contributed by atoms with Crippen molar-refractivity contribution in [2.45, 2.75) is 25.4 Å². The SMILES string of the molecule is O=C(NC1CC(Cn2ccnc2)C1)c1ncoc1-c1ccccc1Cl. The number of rotatable bonds is 5. The molecule has 0 bridgehead atoms. The van der Waals surface area contributed by atoms with Crippen molar-refractivity contribution in [3.8, 4) is 11.3 Å². The van der Waals surface area contributed by atoms with Crippen LogP contribution in [0.1, 0.15) is 23.3 Å². The van der Waals surface area contributed by atoms with Gasteiger partial charge in [0.15, 0.2) is 17.8 Å². The Bertz CT molecular complexity index is 869.